The molecule has 0 radical (unpaired) electrons. The van der Waals surface area contributed by atoms with Crippen molar-refractivity contribution >= 4 is 42.2 Å². The van der Waals surface area contributed by atoms with Crippen molar-refractivity contribution in [3.05, 3.63) is 35.9 Å². The highest BCUT2D eigenvalue weighted by Gasteiger charge is 2.32. The molecule has 4 amide bonds. The number of thiol groups is 1. The average Bonchev–Trinajstić information content (AvgIpc) is 2.74. The van der Waals surface area contributed by atoms with E-state index in [4.69, 9.17) is 11.5 Å². The van der Waals surface area contributed by atoms with Crippen molar-refractivity contribution in [3.8, 4) is 0 Å². The standard InChI is InChI=1S/C21H31N5O6S/c1-11(2)17(20(30)24-14(21(31)32)9-16(23)27)26-19(29)15(10-33)25-18(28)13(22)8-12-6-4-3-5-7-12/h3-7,11,13-15,17,33H,8-10,22H2,1-2H3,(H2,23,27)(H,24,30)(H,25,28)(H,26,29)(H,31,32). The molecule has 0 saturated heterocycles. The minimum atomic E-state index is -1.54. The molecule has 1 rings (SSSR count). The molecule has 0 spiro atoms. The number of rotatable bonds is 13. The van der Waals surface area contributed by atoms with Crippen LogP contribution in [0.3, 0.4) is 0 Å². The van der Waals surface area contributed by atoms with Gasteiger partial charge in [-0.2, -0.15) is 12.6 Å². The third kappa shape index (κ3) is 9.49. The van der Waals surface area contributed by atoms with E-state index >= 15 is 0 Å². The molecule has 0 saturated carbocycles. The lowest BCUT2D eigenvalue weighted by molar-refractivity contribution is -0.144. The van der Waals surface area contributed by atoms with Crippen molar-refractivity contribution in [2.24, 2.45) is 17.4 Å². The van der Waals surface area contributed by atoms with E-state index < -0.39 is 66.1 Å². The number of carboxylic acid groups (broad SMARTS) is 1. The van der Waals surface area contributed by atoms with Crippen LogP contribution in [0.2, 0.25) is 0 Å². The number of carbonyl (C=O) groups excluding carboxylic acids is 4. The fraction of sp³-hybridized carbons (Fsp3) is 0.476. The number of amides is 4. The largest absolute Gasteiger partial charge is 0.480 e. The molecule has 4 unspecified atom stereocenters. The molecular formula is C21H31N5O6S. The number of nitrogens with two attached hydrogens (primary N) is 2. The second-order valence-corrected chi connectivity index (χ2v) is 8.21. The number of hydrogen-bond donors (Lipinski definition) is 7. The normalized spacial score (nSPS) is 14.5. The Morgan fingerprint density at radius 2 is 1.52 bits per heavy atom. The van der Waals surface area contributed by atoms with Crippen LogP contribution in [-0.4, -0.2) is 64.6 Å². The van der Waals surface area contributed by atoms with Gasteiger partial charge < -0.3 is 32.5 Å². The lowest BCUT2D eigenvalue weighted by atomic mass is 10.0. The zero-order valence-electron chi connectivity index (χ0n) is 18.5. The van der Waals surface area contributed by atoms with E-state index in [-0.39, 0.29) is 12.2 Å². The number of carbonyl (C=O) groups is 5. The molecule has 0 aromatic heterocycles. The number of primary amides is 1. The van der Waals surface area contributed by atoms with Crippen LogP contribution in [0.1, 0.15) is 25.8 Å². The summed E-state index contributed by atoms with van der Waals surface area (Å²) in [6.07, 6.45) is -0.338. The van der Waals surface area contributed by atoms with Gasteiger partial charge in [0.05, 0.1) is 12.5 Å². The molecule has 1 aromatic carbocycles. The molecule has 12 heteroatoms. The van der Waals surface area contributed by atoms with E-state index in [0.717, 1.165) is 5.56 Å². The first-order valence-corrected chi connectivity index (χ1v) is 10.9. The van der Waals surface area contributed by atoms with Crippen LogP contribution >= 0.6 is 12.6 Å². The molecule has 33 heavy (non-hydrogen) atoms. The van der Waals surface area contributed by atoms with Crippen LogP contribution in [0.15, 0.2) is 30.3 Å². The van der Waals surface area contributed by atoms with E-state index in [1.807, 2.05) is 30.3 Å². The van der Waals surface area contributed by atoms with E-state index in [0.29, 0.717) is 0 Å². The molecular weight excluding hydrogens is 450 g/mol. The smallest absolute Gasteiger partial charge is 0.326 e. The third-order valence-electron chi connectivity index (χ3n) is 4.72. The topological polar surface area (TPSA) is 194 Å². The Morgan fingerprint density at radius 3 is 2.00 bits per heavy atom. The van der Waals surface area contributed by atoms with Gasteiger partial charge in [-0.3, -0.25) is 19.2 Å². The van der Waals surface area contributed by atoms with Gasteiger partial charge in [0.1, 0.15) is 18.1 Å². The first kappa shape index (κ1) is 27.9. The summed E-state index contributed by atoms with van der Waals surface area (Å²) in [5, 5.41) is 16.4. The Labute approximate surface area is 197 Å². The van der Waals surface area contributed by atoms with Crippen molar-refractivity contribution in [2.45, 2.75) is 50.9 Å². The Kier molecular flexibility index (Phi) is 11.4. The van der Waals surface area contributed by atoms with Crippen LogP contribution < -0.4 is 27.4 Å². The number of hydrogen-bond acceptors (Lipinski definition) is 7. The summed E-state index contributed by atoms with van der Waals surface area (Å²) >= 11 is 4.10. The van der Waals surface area contributed by atoms with Crippen LogP contribution in [-0.2, 0) is 30.4 Å². The Morgan fingerprint density at radius 1 is 0.939 bits per heavy atom. The number of nitrogens with one attached hydrogen (secondary N) is 3. The maximum atomic E-state index is 12.7. The summed E-state index contributed by atoms with van der Waals surface area (Å²) in [7, 11) is 0. The fourth-order valence-corrected chi connectivity index (χ4v) is 3.14. The van der Waals surface area contributed by atoms with E-state index in [1.165, 1.54) is 0 Å². The molecule has 1 aromatic rings. The Bertz CT molecular complexity index is 851. The molecule has 8 N–H and O–H groups in total. The summed E-state index contributed by atoms with van der Waals surface area (Å²) in [6, 6.07) is 4.46. The van der Waals surface area contributed by atoms with Gasteiger partial charge in [-0.1, -0.05) is 44.2 Å². The van der Waals surface area contributed by atoms with Crippen LogP contribution in [0.5, 0.6) is 0 Å². The van der Waals surface area contributed by atoms with Crippen molar-refractivity contribution < 1.29 is 29.1 Å². The predicted molar refractivity (Wildman–Crippen MR) is 124 cm³/mol. The monoisotopic (exact) mass is 481 g/mol. The zero-order chi connectivity index (χ0) is 25.1. The highest BCUT2D eigenvalue weighted by atomic mass is 32.1. The van der Waals surface area contributed by atoms with E-state index in [1.54, 1.807) is 13.8 Å². The minimum Gasteiger partial charge on any atom is -0.480 e. The maximum Gasteiger partial charge on any atom is 0.326 e. The van der Waals surface area contributed by atoms with Gasteiger partial charge in [0.2, 0.25) is 23.6 Å². The second kappa shape index (κ2) is 13.4. The second-order valence-electron chi connectivity index (χ2n) is 7.84. The highest BCUT2D eigenvalue weighted by Crippen LogP contribution is 2.06. The lowest BCUT2D eigenvalue weighted by Crippen LogP contribution is -2.59. The van der Waals surface area contributed by atoms with Gasteiger partial charge in [0.15, 0.2) is 0 Å². The van der Waals surface area contributed by atoms with Crippen molar-refractivity contribution in [2.75, 3.05) is 5.75 Å². The molecule has 0 fully saturated rings. The SMILES string of the molecule is CC(C)C(NC(=O)C(CS)NC(=O)C(N)Cc1ccccc1)C(=O)NC(CC(N)=O)C(=O)O. The molecule has 4 atom stereocenters. The van der Waals surface area contributed by atoms with E-state index in [2.05, 4.69) is 28.6 Å². The number of aliphatic carboxylic acids is 1. The predicted octanol–water partition coefficient (Wildman–Crippen LogP) is -1.44. The molecule has 0 bridgehead atoms. The highest BCUT2D eigenvalue weighted by molar-refractivity contribution is 7.80. The first-order valence-electron chi connectivity index (χ1n) is 10.3. The molecule has 0 aliphatic heterocycles. The molecule has 182 valence electrons. The van der Waals surface area contributed by atoms with Crippen LogP contribution in [0.25, 0.3) is 0 Å². The van der Waals surface area contributed by atoms with Crippen LogP contribution in [0, 0.1) is 5.92 Å². The lowest BCUT2D eigenvalue weighted by Gasteiger charge is -2.26. The van der Waals surface area contributed by atoms with Crippen molar-refractivity contribution in [1.29, 1.82) is 0 Å². The summed E-state index contributed by atoms with van der Waals surface area (Å²) in [5.41, 5.74) is 11.8. The summed E-state index contributed by atoms with van der Waals surface area (Å²) in [4.78, 5) is 60.1. The Hall–Kier alpha value is -3.12. The zero-order valence-corrected chi connectivity index (χ0v) is 19.4. The molecule has 0 heterocycles. The van der Waals surface area contributed by atoms with Gasteiger partial charge in [-0.15, -0.1) is 0 Å². The Balaban J connectivity index is 2.80. The van der Waals surface area contributed by atoms with E-state index in [9.17, 15) is 29.1 Å². The molecule has 0 aliphatic carbocycles. The van der Waals surface area contributed by atoms with Gasteiger partial charge in [-0.05, 0) is 17.9 Å². The van der Waals surface area contributed by atoms with Gasteiger partial charge >= 0.3 is 5.97 Å². The maximum absolute atomic E-state index is 12.7. The van der Waals surface area contributed by atoms with Gasteiger partial charge in [0.25, 0.3) is 0 Å². The van der Waals surface area contributed by atoms with Crippen LogP contribution in [0.4, 0.5) is 0 Å². The van der Waals surface area contributed by atoms with Crippen molar-refractivity contribution in [3.63, 3.8) is 0 Å². The number of carboxylic acids is 1. The molecule has 11 nitrogen and oxygen atoms in total. The summed E-state index contributed by atoms with van der Waals surface area (Å²) < 4.78 is 0. The quantitative estimate of drug-likeness (QED) is 0.168. The van der Waals surface area contributed by atoms with Gasteiger partial charge in [0, 0.05) is 5.75 Å². The summed E-state index contributed by atoms with van der Waals surface area (Å²) in [5.74, 6) is -4.92. The fourth-order valence-electron chi connectivity index (χ4n) is 2.89. The van der Waals surface area contributed by atoms with Crippen molar-refractivity contribution in [1.82, 2.24) is 16.0 Å². The first-order chi connectivity index (χ1) is 15.5. The third-order valence-corrected chi connectivity index (χ3v) is 5.08. The molecule has 0 aliphatic rings. The summed E-state index contributed by atoms with van der Waals surface area (Å²) in [6.45, 7) is 3.27. The van der Waals surface area contributed by atoms with Gasteiger partial charge in [-0.25, -0.2) is 4.79 Å². The minimum absolute atomic E-state index is 0.0680. The average molecular weight is 482 g/mol. The number of benzene rings is 1.